The Kier molecular flexibility index (Phi) is 7.51. The molecule has 0 bridgehead atoms. The number of aryl methyl sites for hydroxylation is 1. The number of carbonyl (C=O) groups excluding carboxylic acids is 1. The number of ether oxygens (including phenoxy) is 1. The Morgan fingerprint density at radius 3 is 2.35 bits per heavy atom. The maximum Gasteiger partial charge on any atom is 0.251 e. The molecule has 0 unspecified atom stereocenters. The van der Waals surface area contributed by atoms with E-state index in [4.69, 9.17) is 9.72 Å². The second-order valence-electron chi connectivity index (χ2n) is 8.85. The highest BCUT2D eigenvalue weighted by atomic mass is 32.2. The lowest BCUT2D eigenvalue weighted by Gasteiger charge is -2.10. The van der Waals surface area contributed by atoms with Crippen LogP contribution in [0.2, 0.25) is 0 Å². The first-order chi connectivity index (χ1) is 18.1. The first-order valence-corrected chi connectivity index (χ1v) is 13.1. The number of pyridine rings is 1. The van der Waals surface area contributed by atoms with E-state index in [-0.39, 0.29) is 5.91 Å². The number of aromatic nitrogens is 3. The second kappa shape index (κ2) is 11.3. The minimum atomic E-state index is -0.0832. The molecule has 1 amide bonds. The van der Waals surface area contributed by atoms with Crippen LogP contribution in [0.4, 0.5) is 0 Å². The number of nitrogens with one attached hydrogen (secondary N) is 1. The highest BCUT2D eigenvalue weighted by molar-refractivity contribution is 7.98. The Labute approximate surface area is 220 Å². The van der Waals surface area contributed by atoms with Crippen LogP contribution in [0, 0.1) is 6.92 Å². The summed E-state index contributed by atoms with van der Waals surface area (Å²) in [7, 11) is 1.67. The highest BCUT2D eigenvalue weighted by Crippen LogP contribution is 2.28. The largest absolute Gasteiger partial charge is 0.497 e. The van der Waals surface area contributed by atoms with Crippen LogP contribution in [-0.2, 0) is 18.8 Å². The third-order valence-corrected chi connectivity index (χ3v) is 7.22. The van der Waals surface area contributed by atoms with E-state index in [0.717, 1.165) is 38.8 Å². The van der Waals surface area contributed by atoms with E-state index in [1.165, 1.54) is 11.1 Å². The van der Waals surface area contributed by atoms with Gasteiger partial charge in [-0.25, -0.2) is 4.98 Å². The van der Waals surface area contributed by atoms with Crippen molar-refractivity contribution in [3.8, 4) is 5.75 Å². The third-order valence-electron chi connectivity index (χ3n) is 6.17. The van der Waals surface area contributed by atoms with E-state index in [9.17, 15) is 4.79 Å². The van der Waals surface area contributed by atoms with Gasteiger partial charge in [0.05, 0.1) is 30.9 Å². The molecule has 5 aromatic rings. The van der Waals surface area contributed by atoms with Crippen molar-refractivity contribution in [3.63, 3.8) is 0 Å². The number of nitrogens with zero attached hydrogens (tertiary/aromatic N) is 3. The highest BCUT2D eigenvalue weighted by Gasteiger charge is 2.13. The standard InChI is InChI=1S/C30H28N4O2S/c1-21-3-5-22(6-4-21)17-32-29(35)25-11-7-23(8-12-25)19-34-28-18-31-16-15-27(28)33-30(34)37-20-24-9-13-26(36-2)14-10-24/h3-16,18H,17,19-20H2,1-2H3,(H,32,35). The zero-order valence-electron chi connectivity index (χ0n) is 20.8. The molecule has 186 valence electrons. The molecule has 0 fully saturated rings. The summed E-state index contributed by atoms with van der Waals surface area (Å²) >= 11 is 1.69. The third kappa shape index (κ3) is 6.01. The number of fused-ring (bicyclic) bond motifs is 1. The van der Waals surface area contributed by atoms with Crippen LogP contribution in [0.25, 0.3) is 11.0 Å². The quantitative estimate of drug-likeness (QED) is 0.247. The molecule has 0 aliphatic carbocycles. The van der Waals surface area contributed by atoms with Crippen molar-refractivity contribution in [1.29, 1.82) is 0 Å². The van der Waals surface area contributed by atoms with Crippen molar-refractivity contribution >= 4 is 28.7 Å². The Morgan fingerprint density at radius 1 is 0.919 bits per heavy atom. The summed E-state index contributed by atoms with van der Waals surface area (Å²) in [5.41, 5.74) is 7.11. The first kappa shape index (κ1) is 24.6. The molecule has 5 rings (SSSR count). The van der Waals surface area contributed by atoms with Gasteiger partial charge in [-0.05, 0) is 53.9 Å². The molecule has 0 saturated heterocycles. The van der Waals surface area contributed by atoms with Gasteiger partial charge in [0.1, 0.15) is 5.75 Å². The van der Waals surface area contributed by atoms with Crippen LogP contribution in [0.5, 0.6) is 5.75 Å². The van der Waals surface area contributed by atoms with Crippen molar-refractivity contribution in [3.05, 3.63) is 119 Å². The summed E-state index contributed by atoms with van der Waals surface area (Å²) in [4.78, 5) is 21.8. The monoisotopic (exact) mass is 508 g/mol. The minimum Gasteiger partial charge on any atom is -0.497 e. The molecular formula is C30H28N4O2S. The van der Waals surface area contributed by atoms with E-state index in [1.54, 1.807) is 25.1 Å². The Bertz CT molecular complexity index is 1490. The van der Waals surface area contributed by atoms with Crippen LogP contribution in [0.3, 0.4) is 0 Å². The molecule has 0 saturated carbocycles. The Hall–Kier alpha value is -4.10. The first-order valence-electron chi connectivity index (χ1n) is 12.1. The molecule has 37 heavy (non-hydrogen) atoms. The maximum atomic E-state index is 12.7. The van der Waals surface area contributed by atoms with Gasteiger partial charge in [-0.3, -0.25) is 9.78 Å². The van der Waals surface area contributed by atoms with Crippen molar-refractivity contribution in [1.82, 2.24) is 19.9 Å². The van der Waals surface area contributed by atoms with Crippen LogP contribution < -0.4 is 10.1 Å². The number of benzene rings is 3. The van der Waals surface area contributed by atoms with Gasteiger partial charge in [0.25, 0.3) is 5.91 Å². The number of imidazole rings is 1. The van der Waals surface area contributed by atoms with Crippen molar-refractivity contribution in [2.45, 2.75) is 30.9 Å². The number of carbonyl (C=O) groups is 1. The Morgan fingerprint density at radius 2 is 1.62 bits per heavy atom. The predicted molar refractivity (Wildman–Crippen MR) is 148 cm³/mol. The fourth-order valence-electron chi connectivity index (χ4n) is 4.01. The lowest BCUT2D eigenvalue weighted by Crippen LogP contribution is -2.22. The minimum absolute atomic E-state index is 0.0832. The van der Waals surface area contributed by atoms with E-state index in [0.29, 0.717) is 18.7 Å². The summed E-state index contributed by atoms with van der Waals surface area (Å²) in [6, 6.07) is 26.0. The van der Waals surface area contributed by atoms with Crippen LogP contribution >= 0.6 is 11.8 Å². The van der Waals surface area contributed by atoms with Crippen molar-refractivity contribution < 1.29 is 9.53 Å². The summed E-state index contributed by atoms with van der Waals surface area (Å²) < 4.78 is 7.45. The lowest BCUT2D eigenvalue weighted by molar-refractivity contribution is 0.0951. The van der Waals surface area contributed by atoms with Gasteiger partial charge in [0.15, 0.2) is 5.16 Å². The van der Waals surface area contributed by atoms with Crippen LogP contribution in [0.1, 0.15) is 32.6 Å². The molecule has 0 radical (unpaired) electrons. The second-order valence-corrected chi connectivity index (χ2v) is 9.79. The van der Waals surface area contributed by atoms with Gasteiger partial charge in [0, 0.05) is 24.1 Å². The number of methoxy groups -OCH3 is 1. The molecule has 0 aliphatic rings. The fraction of sp³-hybridized carbons (Fsp3) is 0.167. The fourth-order valence-corrected chi connectivity index (χ4v) is 4.98. The molecule has 2 heterocycles. The van der Waals surface area contributed by atoms with Gasteiger partial charge in [0.2, 0.25) is 0 Å². The molecule has 6 nitrogen and oxygen atoms in total. The van der Waals surface area contributed by atoms with Gasteiger partial charge < -0.3 is 14.6 Å². The zero-order chi connectivity index (χ0) is 25.6. The van der Waals surface area contributed by atoms with Gasteiger partial charge in [-0.1, -0.05) is 65.9 Å². The number of thioether (sulfide) groups is 1. The molecule has 7 heteroatoms. The zero-order valence-corrected chi connectivity index (χ0v) is 21.7. The van der Waals surface area contributed by atoms with Gasteiger partial charge >= 0.3 is 0 Å². The number of hydrogen-bond donors (Lipinski definition) is 1. The summed E-state index contributed by atoms with van der Waals surface area (Å²) in [5.74, 6) is 1.56. The molecular weight excluding hydrogens is 480 g/mol. The number of hydrogen-bond acceptors (Lipinski definition) is 5. The Balaban J connectivity index is 1.28. The van der Waals surface area contributed by atoms with E-state index in [2.05, 4.69) is 46.1 Å². The summed E-state index contributed by atoms with van der Waals surface area (Å²) in [6.45, 7) is 3.19. The van der Waals surface area contributed by atoms with Crippen LogP contribution in [0.15, 0.2) is 96.4 Å². The average Bonchev–Trinajstić information content (AvgIpc) is 3.29. The number of rotatable bonds is 9. The van der Waals surface area contributed by atoms with E-state index >= 15 is 0 Å². The summed E-state index contributed by atoms with van der Waals surface area (Å²) in [6.07, 6.45) is 3.62. The topological polar surface area (TPSA) is 69.0 Å². The van der Waals surface area contributed by atoms with Crippen molar-refractivity contribution in [2.75, 3.05) is 7.11 Å². The molecule has 2 aromatic heterocycles. The molecule has 0 atom stereocenters. The molecule has 0 spiro atoms. The number of amides is 1. The van der Waals surface area contributed by atoms with Gasteiger partial charge in [-0.2, -0.15) is 0 Å². The molecule has 1 N–H and O–H groups in total. The van der Waals surface area contributed by atoms with Gasteiger partial charge in [-0.15, -0.1) is 0 Å². The predicted octanol–water partition coefficient (Wildman–Crippen LogP) is 6.02. The van der Waals surface area contributed by atoms with E-state index < -0.39 is 0 Å². The molecule has 0 aliphatic heterocycles. The van der Waals surface area contributed by atoms with Crippen molar-refractivity contribution in [2.24, 2.45) is 0 Å². The average molecular weight is 509 g/mol. The normalized spacial score (nSPS) is 11.0. The molecule has 3 aromatic carbocycles. The smallest absolute Gasteiger partial charge is 0.251 e. The lowest BCUT2D eigenvalue weighted by atomic mass is 10.1. The summed E-state index contributed by atoms with van der Waals surface area (Å²) in [5, 5.41) is 3.93. The van der Waals surface area contributed by atoms with E-state index in [1.807, 2.05) is 60.8 Å². The van der Waals surface area contributed by atoms with Crippen LogP contribution in [-0.4, -0.2) is 27.6 Å². The maximum absolute atomic E-state index is 12.7. The SMILES string of the molecule is COc1ccc(CSc2nc3ccncc3n2Cc2ccc(C(=O)NCc3ccc(C)cc3)cc2)cc1.